The standard InChI is InChI=1S/C10H16N2O4/c11-3-4-16-6-9(13)12-8-2-1-7(5-8)10(14)15/h1-2,7-8H,3-6,11H2,(H,12,13)(H,14,15). The van der Waals surface area contributed by atoms with Crippen molar-refractivity contribution in [1.29, 1.82) is 0 Å². The quantitative estimate of drug-likeness (QED) is 0.404. The van der Waals surface area contributed by atoms with E-state index in [1.807, 2.05) is 0 Å². The molecule has 4 N–H and O–H groups in total. The van der Waals surface area contributed by atoms with E-state index in [9.17, 15) is 9.59 Å². The predicted octanol–water partition coefficient (Wildman–Crippen LogP) is -0.893. The van der Waals surface area contributed by atoms with Gasteiger partial charge >= 0.3 is 5.97 Å². The Labute approximate surface area is 93.4 Å². The Kier molecular flexibility index (Phi) is 4.94. The van der Waals surface area contributed by atoms with Crippen molar-refractivity contribution in [2.45, 2.75) is 12.5 Å². The molecule has 90 valence electrons. The van der Waals surface area contributed by atoms with E-state index in [2.05, 4.69) is 5.32 Å². The van der Waals surface area contributed by atoms with Crippen LogP contribution in [0.4, 0.5) is 0 Å². The number of carbonyl (C=O) groups excluding carboxylic acids is 1. The van der Waals surface area contributed by atoms with Crippen LogP contribution in [0.25, 0.3) is 0 Å². The second kappa shape index (κ2) is 6.24. The van der Waals surface area contributed by atoms with E-state index >= 15 is 0 Å². The monoisotopic (exact) mass is 228 g/mol. The van der Waals surface area contributed by atoms with Crippen molar-refractivity contribution in [3.8, 4) is 0 Å². The van der Waals surface area contributed by atoms with Crippen LogP contribution in [0, 0.1) is 5.92 Å². The summed E-state index contributed by atoms with van der Waals surface area (Å²) in [7, 11) is 0. The molecular weight excluding hydrogens is 212 g/mol. The molecule has 0 saturated heterocycles. The third kappa shape index (κ3) is 4.00. The first-order chi connectivity index (χ1) is 7.63. The number of carboxylic acid groups (broad SMARTS) is 1. The zero-order valence-corrected chi connectivity index (χ0v) is 8.89. The SMILES string of the molecule is NCCOCC(=O)NC1C=CC(C(=O)O)C1. The molecule has 6 nitrogen and oxygen atoms in total. The third-order valence-electron chi connectivity index (χ3n) is 2.24. The summed E-state index contributed by atoms with van der Waals surface area (Å²) in [6.45, 7) is 0.669. The van der Waals surface area contributed by atoms with Crippen LogP contribution in [0.5, 0.6) is 0 Å². The number of nitrogens with one attached hydrogen (secondary N) is 1. The Hall–Kier alpha value is -1.40. The van der Waals surface area contributed by atoms with Crippen molar-refractivity contribution in [1.82, 2.24) is 5.32 Å². The molecule has 2 atom stereocenters. The van der Waals surface area contributed by atoms with E-state index in [1.165, 1.54) is 0 Å². The molecule has 1 amide bonds. The lowest BCUT2D eigenvalue weighted by Crippen LogP contribution is -2.36. The van der Waals surface area contributed by atoms with Crippen LogP contribution in [0.2, 0.25) is 0 Å². The summed E-state index contributed by atoms with van der Waals surface area (Å²) < 4.78 is 4.95. The molecule has 1 aliphatic rings. The van der Waals surface area contributed by atoms with E-state index in [4.69, 9.17) is 15.6 Å². The molecular formula is C10H16N2O4. The van der Waals surface area contributed by atoms with Crippen LogP contribution in [0.3, 0.4) is 0 Å². The maximum atomic E-state index is 11.3. The van der Waals surface area contributed by atoms with Gasteiger partial charge in [-0.15, -0.1) is 0 Å². The lowest BCUT2D eigenvalue weighted by Gasteiger charge is -2.11. The molecule has 0 saturated carbocycles. The van der Waals surface area contributed by atoms with E-state index < -0.39 is 11.9 Å². The first-order valence-electron chi connectivity index (χ1n) is 5.11. The van der Waals surface area contributed by atoms with Crippen LogP contribution < -0.4 is 11.1 Å². The van der Waals surface area contributed by atoms with Crippen molar-refractivity contribution < 1.29 is 19.4 Å². The molecule has 0 aromatic carbocycles. The Balaban J connectivity index is 2.21. The zero-order valence-electron chi connectivity index (χ0n) is 8.89. The summed E-state index contributed by atoms with van der Waals surface area (Å²) in [5.41, 5.74) is 5.20. The molecule has 0 aliphatic heterocycles. The van der Waals surface area contributed by atoms with Crippen molar-refractivity contribution in [3.05, 3.63) is 12.2 Å². The number of ether oxygens (including phenoxy) is 1. The lowest BCUT2D eigenvalue weighted by molar-refractivity contribution is -0.140. The Morgan fingerprint density at radius 3 is 2.81 bits per heavy atom. The fourth-order valence-corrected chi connectivity index (χ4v) is 1.49. The minimum atomic E-state index is -0.868. The highest BCUT2D eigenvalue weighted by atomic mass is 16.5. The van der Waals surface area contributed by atoms with Gasteiger partial charge in [-0.2, -0.15) is 0 Å². The summed E-state index contributed by atoms with van der Waals surface area (Å²) in [6.07, 6.45) is 3.69. The molecule has 1 rings (SSSR count). The average Bonchev–Trinajstić information content (AvgIpc) is 2.66. The highest BCUT2D eigenvalue weighted by Gasteiger charge is 2.25. The van der Waals surface area contributed by atoms with Crippen LogP contribution >= 0.6 is 0 Å². The van der Waals surface area contributed by atoms with Gasteiger partial charge in [-0.05, 0) is 6.42 Å². The number of aliphatic carboxylic acids is 1. The summed E-state index contributed by atoms with van der Waals surface area (Å²) in [5, 5.41) is 11.4. The minimum Gasteiger partial charge on any atom is -0.481 e. The van der Waals surface area contributed by atoms with Gasteiger partial charge in [0.2, 0.25) is 5.91 Å². The van der Waals surface area contributed by atoms with Gasteiger partial charge < -0.3 is 20.9 Å². The van der Waals surface area contributed by atoms with Crippen molar-refractivity contribution in [2.75, 3.05) is 19.8 Å². The van der Waals surface area contributed by atoms with Gasteiger partial charge in [-0.25, -0.2) is 0 Å². The predicted molar refractivity (Wildman–Crippen MR) is 56.7 cm³/mol. The van der Waals surface area contributed by atoms with Gasteiger partial charge in [0.05, 0.1) is 12.5 Å². The number of hydrogen-bond acceptors (Lipinski definition) is 4. The molecule has 0 spiro atoms. The summed E-state index contributed by atoms with van der Waals surface area (Å²) in [6, 6.07) is -0.213. The second-order valence-electron chi connectivity index (χ2n) is 3.58. The Morgan fingerprint density at radius 2 is 2.25 bits per heavy atom. The van der Waals surface area contributed by atoms with Crippen LogP contribution in [-0.2, 0) is 14.3 Å². The molecule has 6 heteroatoms. The molecule has 2 unspecified atom stereocenters. The van der Waals surface area contributed by atoms with Crippen LogP contribution in [0.15, 0.2) is 12.2 Å². The average molecular weight is 228 g/mol. The van der Waals surface area contributed by atoms with Gasteiger partial charge in [0.25, 0.3) is 0 Å². The summed E-state index contributed by atoms with van der Waals surface area (Å²) in [4.78, 5) is 21.9. The summed E-state index contributed by atoms with van der Waals surface area (Å²) in [5.74, 6) is -1.63. The second-order valence-corrected chi connectivity index (χ2v) is 3.58. The van der Waals surface area contributed by atoms with Gasteiger partial charge in [0.1, 0.15) is 6.61 Å². The molecule has 16 heavy (non-hydrogen) atoms. The highest BCUT2D eigenvalue weighted by molar-refractivity contribution is 5.78. The fraction of sp³-hybridized carbons (Fsp3) is 0.600. The fourth-order valence-electron chi connectivity index (χ4n) is 1.49. The molecule has 0 radical (unpaired) electrons. The number of carbonyl (C=O) groups is 2. The van der Waals surface area contributed by atoms with Crippen LogP contribution in [-0.4, -0.2) is 42.8 Å². The van der Waals surface area contributed by atoms with Crippen molar-refractivity contribution in [3.63, 3.8) is 0 Å². The number of carboxylic acids is 1. The van der Waals surface area contributed by atoms with E-state index in [-0.39, 0.29) is 18.6 Å². The Morgan fingerprint density at radius 1 is 1.50 bits per heavy atom. The largest absolute Gasteiger partial charge is 0.481 e. The number of hydrogen-bond donors (Lipinski definition) is 3. The molecule has 1 aliphatic carbocycles. The first kappa shape index (κ1) is 12.7. The maximum absolute atomic E-state index is 11.3. The Bertz CT molecular complexity index is 291. The topological polar surface area (TPSA) is 102 Å². The molecule has 0 fully saturated rings. The lowest BCUT2D eigenvalue weighted by atomic mass is 10.1. The van der Waals surface area contributed by atoms with E-state index in [1.54, 1.807) is 12.2 Å². The number of amides is 1. The third-order valence-corrected chi connectivity index (χ3v) is 2.24. The van der Waals surface area contributed by atoms with Gasteiger partial charge in [-0.1, -0.05) is 12.2 Å². The van der Waals surface area contributed by atoms with Crippen molar-refractivity contribution in [2.24, 2.45) is 11.7 Å². The molecule has 0 heterocycles. The van der Waals surface area contributed by atoms with Crippen LogP contribution in [0.1, 0.15) is 6.42 Å². The normalized spacial score (nSPS) is 23.3. The zero-order chi connectivity index (χ0) is 12.0. The van der Waals surface area contributed by atoms with Gasteiger partial charge in [-0.3, -0.25) is 9.59 Å². The maximum Gasteiger partial charge on any atom is 0.310 e. The molecule has 0 aromatic rings. The molecule has 0 aromatic heterocycles. The smallest absolute Gasteiger partial charge is 0.310 e. The first-order valence-corrected chi connectivity index (χ1v) is 5.11. The van der Waals surface area contributed by atoms with Crippen molar-refractivity contribution >= 4 is 11.9 Å². The number of rotatable bonds is 6. The molecule has 0 bridgehead atoms. The highest BCUT2D eigenvalue weighted by Crippen LogP contribution is 2.17. The van der Waals surface area contributed by atoms with Gasteiger partial charge in [0.15, 0.2) is 0 Å². The van der Waals surface area contributed by atoms with E-state index in [0.29, 0.717) is 19.6 Å². The van der Waals surface area contributed by atoms with E-state index in [0.717, 1.165) is 0 Å². The minimum absolute atomic E-state index is 0.0424. The summed E-state index contributed by atoms with van der Waals surface area (Å²) >= 11 is 0. The van der Waals surface area contributed by atoms with Gasteiger partial charge in [0, 0.05) is 12.6 Å². The number of nitrogens with two attached hydrogens (primary N) is 1.